The molecule has 1 aromatic carbocycles. The Kier molecular flexibility index (Phi) is 2.60. The summed E-state index contributed by atoms with van der Waals surface area (Å²) in [5.74, 6) is 1.13. The van der Waals surface area contributed by atoms with Crippen molar-refractivity contribution in [2.45, 2.75) is 6.42 Å². The standard InChI is InChI=1S/C13H14N4O/c1-17-8-10(9-4-2-3-5-11(9)17)13-16-15-12(18-13)6-7-14/h2-5,8H,6-7,14H2,1H3. The summed E-state index contributed by atoms with van der Waals surface area (Å²) < 4.78 is 7.67. The average Bonchev–Trinajstić information content (AvgIpc) is 2.96. The fraction of sp³-hybridized carbons (Fsp3) is 0.231. The van der Waals surface area contributed by atoms with Gasteiger partial charge >= 0.3 is 0 Å². The summed E-state index contributed by atoms with van der Waals surface area (Å²) in [7, 11) is 2.00. The number of para-hydroxylation sites is 1. The van der Waals surface area contributed by atoms with Crippen LogP contribution in [0, 0.1) is 0 Å². The van der Waals surface area contributed by atoms with E-state index in [-0.39, 0.29) is 0 Å². The van der Waals surface area contributed by atoms with Gasteiger partial charge in [-0.15, -0.1) is 10.2 Å². The van der Waals surface area contributed by atoms with Gasteiger partial charge in [0.15, 0.2) is 0 Å². The van der Waals surface area contributed by atoms with Crippen molar-refractivity contribution in [1.82, 2.24) is 14.8 Å². The first-order chi connectivity index (χ1) is 8.79. The molecule has 0 aliphatic carbocycles. The van der Waals surface area contributed by atoms with Gasteiger partial charge in [-0.25, -0.2) is 0 Å². The number of fused-ring (bicyclic) bond motifs is 1. The van der Waals surface area contributed by atoms with Crippen LogP contribution in [0.3, 0.4) is 0 Å². The first-order valence-corrected chi connectivity index (χ1v) is 5.86. The highest BCUT2D eigenvalue weighted by molar-refractivity contribution is 5.93. The largest absolute Gasteiger partial charge is 0.421 e. The smallest absolute Gasteiger partial charge is 0.249 e. The summed E-state index contributed by atoms with van der Waals surface area (Å²) in [5, 5.41) is 9.19. The SMILES string of the molecule is Cn1cc(-c2nnc(CCN)o2)c2ccccc21. The summed E-state index contributed by atoms with van der Waals surface area (Å²) in [6.45, 7) is 0.511. The summed E-state index contributed by atoms with van der Waals surface area (Å²) in [6, 6.07) is 8.14. The number of benzene rings is 1. The predicted molar refractivity (Wildman–Crippen MR) is 69.0 cm³/mol. The van der Waals surface area contributed by atoms with Crippen LogP contribution in [-0.4, -0.2) is 21.3 Å². The molecule has 3 aromatic rings. The van der Waals surface area contributed by atoms with Crippen molar-refractivity contribution >= 4 is 10.9 Å². The van der Waals surface area contributed by atoms with Crippen LogP contribution < -0.4 is 5.73 Å². The lowest BCUT2D eigenvalue weighted by Crippen LogP contribution is -2.02. The van der Waals surface area contributed by atoms with Crippen molar-refractivity contribution in [1.29, 1.82) is 0 Å². The molecule has 0 aliphatic rings. The number of aryl methyl sites for hydroxylation is 1. The van der Waals surface area contributed by atoms with Gasteiger partial charge < -0.3 is 14.7 Å². The second kappa shape index (κ2) is 4.27. The third kappa shape index (κ3) is 1.69. The molecule has 3 rings (SSSR count). The van der Waals surface area contributed by atoms with Gasteiger partial charge in [-0.1, -0.05) is 18.2 Å². The second-order valence-corrected chi connectivity index (χ2v) is 4.21. The topological polar surface area (TPSA) is 69.9 Å². The number of nitrogens with two attached hydrogens (primary N) is 1. The van der Waals surface area contributed by atoms with E-state index >= 15 is 0 Å². The quantitative estimate of drug-likeness (QED) is 0.759. The summed E-state index contributed by atoms with van der Waals surface area (Å²) in [6.07, 6.45) is 2.61. The van der Waals surface area contributed by atoms with Crippen LogP contribution in [0.2, 0.25) is 0 Å². The van der Waals surface area contributed by atoms with Crippen LogP contribution in [-0.2, 0) is 13.5 Å². The molecule has 92 valence electrons. The van der Waals surface area contributed by atoms with Crippen LogP contribution in [0.5, 0.6) is 0 Å². The molecule has 5 heteroatoms. The zero-order chi connectivity index (χ0) is 12.5. The lowest BCUT2D eigenvalue weighted by atomic mass is 10.2. The summed E-state index contributed by atoms with van der Waals surface area (Å²) in [5.41, 5.74) is 7.58. The van der Waals surface area contributed by atoms with E-state index < -0.39 is 0 Å². The van der Waals surface area contributed by atoms with Crippen molar-refractivity contribution in [3.63, 3.8) is 0 Å². The predicted octanol–water partition coefficient (Wildman–Crippen LogP) is 1.73. The number of hydrogen-bond acceptors (Lipinski definition) is 4. The second-order valence-electron chi connectivity index (χ2n) is 4.21. The third-order valence-electron chi connectivity index (χ3n) is 2.95. The van der Waals surface area contributed by atoms with Gasteiger partial charge in [0.1, 0.15) is 0 Å². The molecule has 0 atom stereocenters. The van der Waals surface area contributed by atoms with E-state index in [1.165, 1.54) is 0 Å². The Balaban J connectivity index is 2.13. The van der Waals surface area contributed by atoms with E-state index in [0.29, 0.717) is 24.7 Å². The molecular weight excluding hydrogens is 228 g/mol. The molecule has 0 saturated carbocycles. The Labute approximate surface area is 104 Å². The number of nitrogens with zero attached hydrogens (tertiary/aromatic N) is 3. The molecular formula is C13H14N4O. The normalized spacial score (nSPS) is 11.2. The van der Waals surface area contributed by atoms with E-state index in [0.717, 1.165) is 16.5 Å². The molecule has 18 heavy (non-hydrogen) atoms. The monoisotopic (exact) mass is 242 g/mol. The number of aromatic nitrogens is 3. The van der Waals surface area contributed by atoms with E-state index in [1.807, 2.05) is 25.4 Å². The molecule has 0 radical (unpaired) electrons. The molecule has 2 heterocycles. The van der Waals surface area contributed by atoms with E-state index in [9.17, 15) is 0 Å². The van der Waals surface area contributed by atoms with Gasteiger partial charge in [0.2, 0.25) is 11.8 Å². The Hall–Kier alpha value is -2.14. The summed E-state index contributed by atoms with van der Waals surface area (Å²) >= 11 is 0. The molecule has 5 nitrogen and oxygen atoms in total. The maximum Gasteiger partial charge on any atom is 0.249 e. The molecule has 0 saturated heterocycles. The lowest BCUT2D eigenvalue weighted by molar-refractivity contribution is 0.507. The zero-order valence-electron chi connectivity index (χ0n) is 10.1. The minimum Gasteiger partial charge on any atom is -0.421 e. The number of hydrogen-bond donors (Lipinski definition) is 1. The van der Waals surface area contributed by atoms with Crippen molar-refractivity contribution < 1.29 is 4.42 Å². The minimum atomic E-state index is 0.511. The van der Waals surface area contributed by atoms with E-state index in [2.05, 4.69) is 26.9 Å². The molecule has 2 aromatic heterocycles. The van der Waals surface area contributed by atoms with Crippen molar-refractivity contribution in [2.75, 3.05) is 6.54 Å². The average molecular weight is 242 g/mol. The molecule has 0 amide bonds. The van der Waals surface area contributed by atoms with Crippen LogP contribution in [0.25, 0.3) is 22.4 Å². The van der Waals surface area contributed by atoms with Gasteiger partial charge in [-0.05, 0) is 6.07 Å². The third-order valence-corrected chi connectivity index (χ3v) is 2.95. The fourth-order valence-corrected chi connectivity index (χ4v) is 2.10. The Bertz CT molecular complexity index is 683. The maximum absolute atomic E-state index is 5.62. The van der Waals surface area contributed by atoms with Crippen molar-refractivity contribution in [3.05, 3.63) is 36.4 Å². The van der Waals surface area contributed by atoms with Crippen molar-refractivity contribution in [3.8, 4) is 11.5 Å². The van der Waals surface area contributed by atoms with Crippen LogP contribution in [0.4, 0.5) is 0 Å². The number of rotatable bonds is 3. The Morgan fingerprint density at radius 2 is 2.11 bits per heavy atom. The van der Waals surface area contributed by atoms with Gasteiger partial charge in [0.05, 0.1) is 5.56 Å². The van der Waals surface area contributed by atoms with E-state index in [1.54, 1.807) is 0 Å². The van der Waals surface area contributed by atoms with Gasteiger partial charge in [0.25, 0.3) is 0 Å². The van der Waals surface area contributed by atoms with Crippen molar-refractivity contribution in [2.24, 2.45) is 12.8 Å². The fourth-order valence-electron chi connectivity index (χ4n) is 2.10. The van der Waals surface area contributed by atoms with Gasteiger partial charge in [-0.2, -0.15) is 0 Å². The highest BCUT2D eigenvalue weighted by Gasteiger charge is 2.14. The molecule has 0 unspecified atom stereocenters. The maximum atomic E-state index is 5.62. The first kappa shape index (κ1) is 11.0. The van der Waals surface area contributed by atoms with Crippen LogP contribution in [0.15, 0.2) is 34.9 Å². The van der Waals surface area contributed by atoms with Crippen LogP contribution in [0.1, 0.15) is 5.89 Å². The molecule has 0 aliphatic heterocycles. The first-order valence-electron chi connectivity index (χ1n) is 5.86. The molecule has 0 fully saturated rings. The van der Waals surface area contributed by atoms with E-state index in [4.69, 9.17) is 10.2 Å². The zero-order valence-corrected chi connectivity index (χ0v) is 10.1. The van der Waals surface area contributed by atoms with Gasteiger partial charge in [0, 0.05) is 37.1 Å². The highest BCUT2D eigenvalue weighted by atomic mass is 16.4. The lowest BCUT2D eigenvalue weighted by Gasteiger charge is -1.93. The minimum absolute atomic E-state index is 0.511. The Morgan fingerprint density at radius 3 is 2.94 bits per heavy atom. The summed E-state index contributed by atoms with van der Waals surface area (Å²) in [4.78, 5) is 0. The Morgan fingerprint density at radius 1 is 1.28 bits per heavy atom. The van der Waals surface area contributed by atoms with Crippen LogP contribution >= 0.6 is 0 Å². The highest BCUT2D eigenvalue weighted by Crippen LogP contribution is 2.28. The van der Waals surface area contributed by atoms with Gasteiger partial charge in [-0.3, -0.25) is 0 Å². The molecule has 0 bridgehead atoms. The molecule has 0 spiro atoms. The molecule has 2 N–H and O–H groups in total.